The zero-order valence-corrected chi connectivity index (χ0v) is 10.7. The minimum Gasteiger partial charge on any atom is -0.468 e. The maximum absolute atomic E-state index is 12.2. The fourth-order valence-corrected chi connectivity index (χ4v) is 1.78. The van der Waals surface area contributed by atoms with Gasteiger partial charge in [0.1, 0.15) is 0 Å². The van der Waals surface area contributed by atoms with E-state index in [2.05, 4.69) is 4.98 Å². The predicted octanol–water partition coefficient (Wildman–Crippen LogP) is 4.30. The van der Waals surface area contributed by atoms with Crippen LogP contribution in [-0.4, -0.2) is 17.8 Å². The Bertz CT molecular complexity index is 578. The average molecular weight is 269 g/mol. The first-order chi connectivity index (χ1) is 8.87. The molecule has 0 aliphatic heterocycles. The number of rotatable bonds is 3. The Morgan fingerprint density at radius 2 is 1.95 bits per heavy atom. The quantitative estimate of drug-likeness (QED) is 0.828. The van der Waals surface area contributed by atoms with Crippen molar-refractivity contribution in [2.75, 3.05) is 6.61 Å². The third-order valence-electron chi connectivity index (χ3n) is 2.79. The molecule has 2 rings (SSSR count). The van der Waals surface area contributed by atoms with Crippen LogP contribution < -0.4 is 4.74 Å². The summed E-state index contributed by atoms with van der Waals surface area (Å²) in [5.74, 6) is 0.317. The molecule has 0 atom stereocenters. The molecule has 1 aromatic carbocycles. The number of hydrogen-bond acceptors (Lipinski definition) is 2. The van der Waals surface area contributed by atoms with Gasteiger partial charge >= 0.3 is 6.18 Å². The molecule has 0 aliphatic rings. The Morgan fingerprint density at radius 3 is 2.58 bits per heavy atom. The molecular weight excluding hydrogens is 255 g/mol. The zero-order chi connectivity index (χ0) is 14.0. The van der Waals surface area contributed by atoms with Gasteiger partial charge in [-0.1, -0.05) is 26.0 Å². The molecule has 1 heterocycles. The molecule has 0 saturated carbocycles. The van der Waals surface area contributed by atoms with Crippen LogP contribution in [0.25, 0.3) is 10.8 Å². The summed E-state index contributed by atoms with van der Waals surface area (Å²) < 4.78 is 41.4. The lowest BCUT2D eigenvalue weighted by molar-refractivity contribution is -0.153. The molecule has 0 radical (unpaired) electrons. The van der Waals surface area contributed by atoms with E-state index in [1.807, 2.05) is 32.0 Å². The number of alkyl halides is 3. The topological polar surface area (TPSA) is 22.1 Å². The summed E-state index contributed by atoms with van der Waals surface area (Å²) in [5, 5.41) is 1.43. The van der Waals surface area contributed by atoms with Crippen molar-refractivity contribution in [2.24, 2.45) is 0 Å². The molecule has 0 bridgehead atoms. The van der Waals surface area contributed by atoms with Crippen LogP contribution in [0.5, 0.6) is 5.88 Å². The van der Waals surface area contributed by atoms with E-state index in [1.54, 1.807) is 6.07 Å². The van der Waals surface area contributed by atoms with Crippen molar-refractivity contribution < 1.29 is 17.9 Å². The molecule has 0 unspecified atom stereocenters. The van der Waals surface area contributed by atoms with Gasteiger partial charge in [-0.3, -0.25) is 0 Å². The van der Waals surface area contributed by atoms with Gasteiger partial charge in [0.05, 0.1) is 0 Å². The van der Waals surface area contributed by atoms with Crippen molar-refractivity contribution in [3.8, 4) is 5.88 Å². The largest absolute Gasteiger partial charge is 0.468 e. The highest BCUT2D eigenvalue weighted by Gasteiger charge is 2.29. The van der Waals surface area contributed by atoms with E-state index in [4.69, 9.17) is 4.74 Å². The number of aromatic nitrogens is 1. The van der Waals surface area contributed by atoms with Crippen LogP contribution in [0.2, 0.25) is 0 Å². The minimum absolute atomic E-state index is 0.0253. The number of ether oxygens (including phenoxy) is 1. The first-order valence-corrected chi connectivity index (χ1v) is 5.95. The minimum atomic E-state index is -4.36. The molecule has 5 heteroatoms. The number of halogens is 3. The monoisotopic (exact) mass is 269 g/mol. The van der Waals surface area contributed by atoms with Gasteiger partial charge < -0.3 is 4.74 Å². The third kappa shape index (κ3) is 3.36. The number of nitrogens with zero attached hydrogens (tertiary/aromatic N) is 1. The third-order valence-corrected chi connectivity index (χ3v) is 2.79. The van der Waals surface area contributed by atoms with E-state index in [1.165, 1.54) is 6.20 Å². The second kappa shape index (κ2) is 5.07. The van der Waals surface area contributed by atoms with Crippen molar-refractivity contribution in [3.05, 3.63) is 36.0 Å². The molecule has 0 saturated heterocycles. The smallest absolute Gasteiger partial charge is 0.422 e. The number of fused-ring (bicyclic) bond motifs is 1. The fraction of sp³-hybridized carbons (Fsp3) is 0.357. The van der Waals surface area contributed by atoms with Crippen molar-refractivity contribution in [1.29, 1.82) is 0 Å². The van der Waals surface area contributed by atoms with Gasteiger partial charge in [0, 0.05) is 11.6 Å². The van der Waals surface area contributed by atoms with Gasteiger partial charge in [-0.25, -0.2) is 4.98 Å². The predicted molar refractivity (Wildman–Crippen MR) is 67.4 cm³/mol. The molecule has 0 fully saturated rings. The lowest BCUT2D eigenvalue weighted by atomic mass is 10.0. The van der Waals surface area contributed by atoms with Crippen LogP contribution in [0, 0.1) is 0 Å². The Labute approximate surface area is 109 Å². The highest BCUT2D eigenvalue weighted by Crippen LogP contribution is 2.28. The Balaban J connectivity index is 2.40. The summed E-state index contributed by atoms with van der Waals surface area (Å²) in [6.07, 6.45) is -2.91. The molecule has 2 nitrogen and oxygen atoms in total. The van der Waals surface area contributed by atoms with E-state index in [-0.39, 0.29) is 5.88 Å². The molecule has 19 heavy (non-hydrogen) atoms. The van der Waals surface area contributed by atoms with Gasteiger partial charge in [-0.15, -0.1) is 0 Å². The van der Waals surface area contributed by atoms with Crippen LogP contribution in [0.4, 0.5) is 13.2 Å². The number of hydrogen-bond donors (Lipinski definition) is 0. The van der Waals surface area contributed by atoms with Crippen LogP contribution in [0.1, 0.15) is 25.3 Å². The van der Waals surface area contributed by atoms with Crippen molar-refractivity contribution >= 4 is 10.8 Å². The molecule has 0 aliphatic carbocycles. The lowest BCUT2D eigenvalue weighted by Crippen LogP contribution is -2.19. The molecule has 0 amide bonds. The molecule has 0 N–H and O–H groups in total. The first kappa shape index (κ1) is 13.6. The number of benzene rings is 1. The summed E-state index contributed by atoms with van der Waals surface area (Å²) in [4.78, 5) is 3.89. The van der Waals surface area contributed by atoms with E-state index in [0.717, 1.165) is 10.9 Å². The zero-order valence-electron chi connectivity index (χ0n) is 10.7. The van der Waals surface area contributed by atoms with Crippen LogP contribution in [0.3, 0.4) is 0 Å². The van der Waals surface area contributed by atoms with Gasteiger partial charge in [-0.05, 0) is 29.0 Å². The Hall–Kier alpha value is -1.78. The highest BCUT2D eigenvalue weighted by molar-refractivity contribution is 5.87. The summed E-state index contributed by atoms with van der Waals surface area (Å²) in [6.45, 7) is 2.71. The first-order valence-electron chi connectivity index (χ1n) is 5.95. The molecule has 0 spiro atoms. The van der Waals surface area contributed by atoms with E-state index in [0.29, 0.717) is 11.3 Å². The molecule has 1 aromatic heterocycles. The van der Waals surface area contributed by atoms with Crippen LogP contribution in [-0.2, 0) is 0 Å². The summed E-state index contributed by atoms with van der Waals surface area (Å²) in [5.41, 5.74) is 1.04. The van der Waals surface area contributed by atoms with Crippen molar-refractivity contribution in [2.45, 2.75) is 25.9 Å². The van der Waals surface area contributed by atoms with Crippen LogP contribution >= 0.6 is 0 Å². The Morgan fingerprint density at radius 1 is 1.21 bits per heavy atom. The van der Waals surface area contributed by atoms with Crippen molar-refractivity contribution in [1.82, 2.24) is 4.98 Å². The Kier molecular flexibility index (Phi) is 3.64. The average Bonchev–Trinajstić information content (AvgIpc) is 2.34. The van der Waals surface area contributed by atoms with Gasteiger partial charge in [-0.2, -0.15) is 13.2 Å². The van der Waals surface area contributed by atoms with E-state index >= 15 is 0 Å². The highest BCUT2D eigenvalue weighted by atomic mass is 19.4. The summed E-state index contributed by atoms with van der Waals surface area (Å²) in [7, 11) is 0. The second-order valence-corrected chi connectivity index (χ2v) is 4.66. The molecule has 102 valence electrons. The molecular formula is C14H14F3NO. The lowest BCUT2D eigenvalue weighted by Gasteiger charge is -2.12. The normalized spacial score (nSPS) is 12.1. The van der Waals surface area contributed by atoms with Gasteiger partial charge in [0.25, 0.3) is 0 Å². The van der Waals surface area contributed by atoms with Crippen LogP contribution in [0.15, 0.2) is 30.5 Å². The SMILES string of the molecule is CC(C)c1ccc2ccnc(OCC(F)(F)F)c2c1. The second-order valence-electron chi connectivity index (χ2n) is 4.66. The maximum atomic E-state index is 12.2. The van der Waals surface area contributed by atoms with Crippen molar-refractivity contribution in [3.63, 3.8) is 0 Å². The standard InChI is InChI=1S/C14H14F3NO/c1-9(2)11-4-3-10-5-6-18-13(12(10)7-11)19-8-14(15,16)17/h3-7,9H,8H2,1-2H3. The molecule has 2 aromatic rings. The summed E-state index contributed by atoms with van der Waals surface area (Å²) >= 11 is 0. The number of pyridine rings is 1. The van der Waals surface area contributed by atoms with E-state index in [9.17, 15) is 13.2 Å². The van der Waals surface area contributed by atoms with Gasteiger partial charge in [0.2, 0.25) is 5.88 Å². The van der Waals surface area contributed by atoms with E-state index < -0.39 is 12.8 Å². The fourth-order valence-electron chi connectivity index (χ4n) is 1.78. The summed E-state index contributed by atoms with van der Waals surface area (Å²) in [6, 6.07) is 7.41. The van der Waals surface area contributed by atoms with Gasteiger partial charge in [0.15, 0.2) is 6.61 Å². The maximum Gasteiger partial charge on any atom is 0.422 e.